The van der Waals surface area contributed by atoms with Crippen LogP contribution in [0.15, 0.2) is 0 Å². The van der Waals surface area contributed by atoms with Gasteiger partial charge in [-0.05, 0) is 0 Å². The van der Waals surface area contributed by atoms with Gasteiger partial charge in [0.25, 0.3) is 0 Å². The van der Waals surface area contributed by atoms with Gasteiger partial charge in [0.15, 0.2) is 0 Å². The molecule has 1 nitrogen and oxygen atoms in total. The third-order valence-corrected chi connectivity index (χ3v) is 0. The summed E-state index contributed by atoms with van der Waals surface area (Å²) in [5.74, 6) is 0. The minimum absolute atomic E-state index is 0. The second-order valence-corrected chi connectivity index (χ2v) is 0. The molecule has 0 aromatic carbocycles. The van der Waals surface area contributed by atoms with Crippen molar-refractivity contribution in [2.45, 2.75) is 0 Å². The van der Waals surface area contributed by atoms with Gasteiger partial charge in [-0.15, -0.1) is 0 Å². The molecule has 0 N–H and O–H groups in total. The van der Waals surface area contributed by atoms with Gasteiger partial charge in [-0.1, -0.05) is 0 Å². The van der Waals surface area contributed by atoms with Crippen LogP contribution in [-0.4, -0.2) is 0 Å². The van der Waals surface area contributed by atoms with Crippen LogP contribution in [0.3, 0.4) is 0 Å². The molecule has 0 spiro atoms. The van der Waals surface area contributed by atoms with E-state index in [1.165, 1.54) is 0 Å². The van der Waals surface area contributed by atoms with Crippen LogP contribution < -0.4 is 0 Å². The summed E-state index contributed by atoms with van der Waals surface area (Å²) in [4.78, 5) is 0. The maximum absolute atomic E-state index is 8.39. The van der Waals surface area contributed by atoms with Crippen molar-refractivity contribution in [2.24, 2.45) is 0 Å². The molecule has 0 heterocycles. The fourth-order valence-electron chi connectivity index (χ4n) is 0. The molecule has 0 bridgehead atoms. The Kier molecular flexibility index (Phi) is 77.2. The summed E-state index contributed by atoms with van der Waals surface area (Å²) in [6.07, 6.45) is 0. The van der Waals surface area contributed by atoms with Gasteiger partial charge in [0.1, 0.15) is 0 Å². The van der Waals surface area contributed by atoms with Crippen molar-refractivity contribution >= 4 is 0 Å². The van der Waals surface area contributed by atoms with Gasteiger partial charge < -0.3 is 0 Å². The quantitative estimate of drug-likeness (QED) is 0.558. The van der Waals surface area contributed by atoms with E-state index in [9.17, 15) is 0 Å². The monoisotopic (exact) mass is 266 g/mol. The first kappa shape index (κ1) is 16.4. The molecule has 0 saturated carbocycles. The topological polar surface area (TPSA) is 17.1 Å². The molecule has 0 fully saturated rings. The Bertz CT molecular complexity index is 6.00. The first-order chi connectivity index (χ1) is 1.00. The van der Waals surface area contributed by atoms with Crippen LogP contribution in [0, 0.1) is 39.8 Å². The predicted molar refractivity (Wildman–Crippen MR) is 0.686 cm³/mol. The standard InChI is InChI=1S/Ce.2Mn.O. The second kappa shape index (κ2) is 18.9. The minimum atomic E-state index is 0. The summed E-state index contributed by atoms with van der Waals surface area (Å²) in [6.45, 7) is 0. The molecule has 0 rings (SSSR count). The molecule has 0 atom stereocenters. The first-order valence-electron chi connectivity index (χ1n) is 0.204. The van der Waals surface area contributed by atoms with Crippen molar-refractivity contribution in [3.63, 3.8) is 0 Å². The van der Waals surface area contributed by atoms with Crippen LogP contribution in [0.1, 0.15) is 0 Å². The Labute approximate surface area is 73.4 Å². The van der Waals surface area contributed by atoms with Crippen LogP contribution in [0.4, 0.5) is 0 Å². The van der Waals surface area contributed by atoms with Crippen molar-refractivity contribution in [3.8, 4) is 0 Å². The van der Waals surface area contributed by atoms with Crippen molar-refractivity contribution in [1.29, 1.82) is 0 Å². The molecule has 0 saturated heterocycles. The van der Waals surface area contributed by atoms with E-state index in [4.69, 9.17) is 0.938 Å². The SMILES string of the molecule is [Mn].[Mn].[O]=[Ce]. The van der Waals surface area contributed by atoms with Crippen molar-refractivity contribution in [3.05, 3.63) is 0 Å². The zero-order chi connectivity index (χ0) is 2.00. The van der Waals surface area contributed by atoms with Crippen molar-refractivity contribution in [1.82, 2.24) is 0 Å². The third kappa shape index (κ3) is 8.88. The normalized spacial score (nSPS) is 0.750. The first-order valence-corrected chi connectivity index (χ1v) is 1.49. The van der Waals surface area contributed by atoms with Crippen LogP contribution in [0.25, 0.3) is 0 Å². The molecule has 0 aliphatic carbocycles. The molecule has 24 valence electrons. The molecule has 0 aliphatic heterocycles. The average Bonchev–Trinajstić information content (AvgIpc) is 1.00. The van der Waals surface area contributed by atoms with E-state index >= 15 is 0 Å². The Hall–Kier alpha value is 2.22. The van der Waals surface area contributed by atoms with Gasteiger partial charge in [-0.3, -0.25) is 0 Å². The molecular formula is CeMn2O. The van der Waals surface area contributed by atoms with Crippen LogP contribution in [-0.2, 0) is 35.1 Å². The Balaban J connectivity index is -0.00000000500. The van der Waals surface area contributed by atoms with Gasteiger partial charge >= 0.3 is 40.7 Å². The van der Waals surface area contributed by atoms with E-state index in [2.05, 4.69) is 0 Å². The van der Waals surface area contributed by atoms with E-state index in [-0.39, 0.29) is 73.9 Å². The summed E-state index contributed by atoms with van der Waals surface area (Å²) in [5.41, 5.74) is 0. The third-order valence-electron chi connectivity index (χ3n) is 0. The fourth-order valence-corrected chi connectivity index (χ4v) is 0. The van der Waals surface area contributed by atoms with Gasteiger partial charge in [-0.2, -0.15) is 0 Å². The molecule has 0 aromatic rings. The van der Waals surface area contributed by atoms with Crippen molar-refractivity contribution in [2.75, 3.05) is 0 Å². The molecule has 2 radical (unpaired) electrons. The summed E-state index contributed by atoms with van der Waals surface area (Å²) >= 11 is 0.0556. The van der Waals surface area contributed by atoms with E-state index in [0.29, 0.717) is 0 Å². The van der Waals surface area contributed by atoms with Crippen LogP contribution in [0.5, 0.6) is 0 Å². The Morgan fingerprint density at radius 2 is 1.00 bits per heavy atom. The summed E-state index contributed by atoms with van der Waals surface area (Å²) < 4.78 is 8.39. The molecule has 4 heavy (non-hydrogen) atoms. The van der Waals surface area contributed by atoms with Gasteiger partial charge in [0, 0.05) is 34.1 Å². The van der Waals surface area contributed by atoms with E-state index < -0.39 is 0 Å². The van der Waals surface area contributed by atoms with Crippen molar-refractivity contribution < 1.29 is 74.8 Å². The summed E-state index contributed by atoms with van der Waals surface area (Å²) in [5, 5.41) is 0. The van der Waals surface area contributed by atoms with E-state index in [0.717, 1.165) is 0 Å². The van der Waals surface area contributed by atoms with E-state index in [1.54, 1.807) is 0 Å². The zero-order valence-corrected chi connectivity index (χ0v) is 7.17. The number of hydrogen-bond donors (Lipinski definition) is 0. The molecule has 0 unspecified atom stereocenters. The molecule has 0 aliphatic rings. The summed E-state index contributed by atoms with van der Waals surface area (Å²) in [7, 11) is 0. The van der Waals surface area contributed by atoms with Gasteiger partial charge in [-0.25, -0.2) is 0 Å². The predicted octanol–water partition coefficient (Wildman–Crippen LogP) is -0.124. The molecule has 0 amide bonds. The fraction of sp³-hybridized carbons (Fsp3) is 0. The van der Waals surface area contributed by atoms with Gasteiger partial charge in [0.2, 0.25) is 0 Å². The number of hydrogen-bond acceptors (Lipinski definition) is 1. The van der Waals surface area contributed by atoms with Gasteiger partial charge in [0.05, 0.1) is 0 Å². The van der Waals surface area contributed by atoms with Crippen LogP contribution in [0.2, 0.25) is 0 Å². The number of rotatable bonds is 0. The van der Waals surface area contributed by atoms with Crippen LogP contribution >= 0.6 is 0 Å². The van der Waals surface area contributed by atoms with E-state index in [1.807, 2.05) is 0 Å². The Morgan fingerprint density at radius 1 is 1.00 bits per heavy atom. The maximum atomic E-state index is 8.39. The summed E-state index contributed by atoms with van der Waals surface area (Å²) in [6, 6.07) is 0. The zero-order valence-electron chi connectivity index (χ0n) is 1.66. The molecule has 0 aromatic heterocycles. The molecule has 4 heteroatoms. The average molecular weight is 266 g/mol. The molecular weight excluding hydrogens is 266 g/mol. The Morgan fingerprint density at radius 3 is 1.00 bits per heavy atom. The second-order valence-electron chi connectivity index (χ2n) is 0.